The van der Waals surface area contributed by atoms with Crippen molar-refractivity contribution in [2.24, 2.45) is 11.8 Å². The molecule has 0 spiro atoms. The highest BCUT2D eigenvalue weighted by Crippen LogP contribution is 2.33. The molecule has 2 aromatic heterocycles. The molecule has 2 atom stereocenters. The highest BCUT2D eigenvalue weighted by Gasteiger charge is 2.26. The van der Waals surface area contributed by atoms with Gasteiger partial charge in [0.25, 0.3) is 0 Å². The molecular formula is C24H23F3N6O3. The summed E-state index contributed by atoms with van der Waals surface area (Å²) in [5.41, 5.74) is 0.947. The third kappa shape index (κ3) is 4.63. The Hall–Kier alpha value is -3.93. The van der Waals surface area contributed by atoms with Crippen molar-refractivity contribution >= 4 is 34.7 Å². The maximum absolute atomic E-state index is 14.4. The van der Waals surface area contributed by atoms with Crippen molar-refractivity contribution in [3.63, 3.8) is 0 Å². The first-order chi connectivity index (χ1) is 17.3. The van der Waals surface area contributed by atoms with Crippen molar-refractivity contribution in [3.8, 4) is 0 Å². The second-order valence-electron chi connectivity index (χ2n) is 8.75. The van der Waals surface area contributed by atoms with Gasteiger partial charge in [-0.25, -0.2) is 23.1 Å². The van der Waals surface area contributed by atoms with E-state index in [0.717, 1.165) is 0 Å². The zero-order valence-corrected chi connectivity index (χ0v) is 19.2. The number of fused-ring (bicyclic) bond motifs is 1. The molecule has 3 N–H and O–H groups in total. The van der Waals surface area contributed by atoms with Gasteiger partial charge in [0.15, 0.2) is 17.3 Å². The Kier molecular flexibility index (Phi) is 6.35. The van der Waals surface area contributed by atoms with E-state index in [-0.39, 0.29) is 23.9 Å². The number of allylic oxidation sites excluding steroid dienone is 2. The van der Waals surface area contributed by atoms with Gasteiger partial charge in [-0.3, -0.25) is 9.36 Å². The van der Waals surface area contributed by atoms with E-state index in [4.69, 9.17) is 4.74 Å². The highest BCUT2D eigenvalue weighted by atomic mass is 19.1. The Balaban J connectivity index is 1.52. The van der Waals surface area contributed by atoms with Crippen LogP contribution in [0.5, 0.6) is 0 Å². The molecular weight excluding hydrogens is 477 g/mol. The summed E-state index contributed by atoms with van der Waals surface area (Å²) in [6, 6.07) is 1.07. The zero-order chi connectivity index (χ0) is 25.4. The molecule has 1 aliphatic heterocycles. The predicted molar refractivity (Wildman–Crippen MR) is 125 cm³/mol. The van der Waals surface area contributed by atoms with Crippen molar-refractivity contribution in [1.29, 1.82) is 0 Å². The molecule has 0 radical (unpaired) electrons. The molecule has 0 bridgehead atoms. The lowest BCUT2D eigenvalue weighted by molar-refractivity contribution is -0.141. The molecule has 188 valence electrons. The van der Waals surface area contributed by atoms with Gasteiger partial charge < -0.3 is 20.5 Å². The first kappa shape index (κ1) is 23.8. The number of aromatic nitrogens is 4. The number of carbonyl (C=O) groups is 1. The maximum atomic E-state index is 14.4. The number of carboxylic acid groups (broad SMARTS) is 1. The van der Waals surface area contributed by atoms with Crippen LogP contribution in [0.4, 0.5) is 30.8 Å². The largest absolute Gasteiger partial charge is 0.481 e. The molecule has 0 saturated carbocycles. The minimum absolute atomic E-state index is 0.120. The fraction of sp³-hybridized carbons (Fsp3) is 0.333. The molecule has 3 aromatic rings. The van der Waals surface area contributed by atoms with E-state index in [1.807, 2.05) is 0 Å². The first-order valence-corrected chi connectivity index (χ1v) is 11.4. The molecule has 2 unspecified atom stereocenters. The number of ether oxygens (including phenoxy) is 1. The predicted octanol–water partition coefficient (Wildman–Crippen LogP) is 4.54. The van der Waals surface area contributed by atoms with Crippen molar-refractivity contribution in [1.82, 2.24) is 19.5 Å². The van der Waals surface area contributed by atoms with Crippen LogP contribution in [0.25, 0.3) is 11.2 Å². The topological polar surface area (TPSA) is 114 Å². The van der Waals surface area contributed by atoms with Crippen LogP contribution in [-0.2, 0) is 9.53 Å². The summed E-state index contributed by atoms with van der Waals surface area (Å²) in [4.78, 5) is 24.7. The Bertz CT molecular complexity index is 1360. The van der Waals surface area contributed by atoms with Crippen LogP contribution in [-0.4, -0.2) is 43.8 Å². The number of nitrogens with one attached hydrogen (secondary N) is 2. The monoisotopic (exact) mass is 500 g/mol. The van der Waals surface area contributed by atoms with Crippen molar-refractivity contribution in [3.05, 3.63) is 59.7 Å². The molecule has 2 aliphatic rings. The number of hydrogen-bond acceptors (Lipinski definition) is 7. The van der Waals surface area contributed by atoms with E-state index < -0.39 is 35.0 Å². The molecule has 1 aromatic carbocycles. The van der Waals surface area contributed by atoms with Gasteiger partial charge in [-0.15, -0.1) is 0 Å². The fourth-order valence-electron chi connectivity index (χ4n) is 4.45. The van der Waals surface area contributed by atoms with Crippen LogP contribution in [0, 0.1) is 29.3 Å². The van der Waals surface area contributed by atoms with E-state index >= 15 is 0 Å². The maximum Gasteiger partial charge on any atom is 0.310 e. The van der Waals surface area contributed by atoms with E-state index in [1.54, 1.807) is 29.7 Å². The Labute approximate surface area is 203 Å². The third-order valence-electron chi connectivity index (χ3n) is 6.27. The average Bonchev–Trinajstić information content (AvgIpc) is 3.19. The quantitative estimate of drug-likeness (QED) is 0.452. The number of rotatable bonds is 6. The summed E-state index contributed by atoms with van der Waals surface area (Å²) < 4.78 is 49.4. The SMILES string of the molecule is CC1C=C(Nc2ncc3nc(Nc4c(F)cc(F)cc4F)n(C4CCOCC4)c3n2)C=CC1C(=O)O. The van der Waals surface area contributed by atoms with E-state index in [1.165, 1.54) is 6.20 Å². The Morgan fingerprint density at radius 2 is 1.86 bits per heavy atom. The van der Waals surface area contributed by atoms with Crippen LogP contribution in [0.2, 0.25) is 0 Å². The van der Waals surface area contributed by atoms with Gasteiger partial charge in [-0.05, 0) is 24.8 Å². The number of aliphatic carboxylic acids is 1. The van der Waals surface area contributed by atoms with Gasteiger partial charge >= 0.3 is 5.97 Å². The van der Waals surface area contributed by atoms with Gasteiger partial charge in [0.1, 0.15) is 17.0 Å². The van der Waals surface area contributed by atoms with E-state index in [9.17, 15) is 23.1 Å². The van der Waals surface area contributed by atoms with Crippen LogP contribution in [0.15, 0.2) is 42.3 Å². The van der Waals surface area contributed by atoms with Crippen molar-refractivity contribution in [2.45, 2.75) is 25.8 Å². The summed E-state index contributed by atoms with van der Waals surface area (Å²) in [5, 5.41) is 15.1. The summed E-state index contributed by atoms with van der Waals surface area (Å²) in [6.45, 7) is 2.80. The highest BCUT2D eigenvalue weighted by molar-refractivity contribution is 5.77. The summed E-state index contributed by atoms with van der Waals surface area (Å²) >= 11 is 0. The van der Waals surface area contributed by atoms with Gasteiger partial charge in [0.05, 0.1) is 12.1 Å². The van der Waals surface area contributed by atoms with Crippen LogP contribution in [0.3, 0.4) is 0 Å². The number of anilines is 3. The van der Waals surface area contributed by atoms with Crippen molar-refractivity contribution < 1.29 is 27.8 Å². The average molecular weight is 500 g/mol. The van der Waals surface area contributed by atoms with Gasteiger partial charge in [-0.2, -0.15) is 4.98 Å². The smallest absolute Gasteiger partial charge is 0.310 e. The second-order valence-corrected chi connectivity index (χ2v) is 8.75. The van der Waals surface area contributed by atoms with E-state index in [2.05, 4.69) is 25.6 Å². The van der Waals surface area contributed by atoms with E-state index in [0.29, 0.717) is 55.0 Å². The lowest BCUT2D eigenvalue weighted by atomic mass is 9.89. The molecule has 0 amide bonds. The number of imidazole rings is 1. The van der Waals surface area contributed by atoms with Gasteiger partial charge in [0.2, 0.25) is 11.9 Å². The zero-order valence-electron chi connectivity index (χ0n) is 19.2. The molecule has 1 aliphatic carbocycles. The summed E-state index contributed by atoms with van der Waals surface area (Å²) in [5.74, 6) is -4.56. The Morgan fingerprint density at radius 3 is 2.53 bits per heavy atom. The number of carboxylic acids is 1. The first-order valence-electron chi connectivity index (χ1n) is 11.4. The molecule has 5 rings (SSSR count). The van der Waals surface area contributed by atoms with Gasteiger partial charge in [-0.1, -0.05) is 19.1 Å². The fourth-order valence-corrected chi connectivity index (χ4v) is 4.45. The third-order valence-corrected chi connectivity index (χ3v) is 6.27. The number of halogens is 3. The number of nitrogens with zero attached hydrogens (tertiary/aromatic N) is 4. The lowest BCUT2D eigenvalue weighted by Gasteiger charge is -2.25. The minimum Gasteiger partial charge on any atom is -0.481 e. The molecule has 9 nitrogen and oxygen atoms in total. The van der Waals surface area contributed by atoms with Crippen LogP contribution < -0.4 is 10.6 Å². The standard InChI is InChI=1S/C24H23F3N6O3/c1-12-8-14(2-3-16(12)22(34)35)29-23-28-11-19-21(32-23)33(15-4-6-36-7-5-15)24(30-19)31-20-17(26)9-13(25)10-18(20)27/h2-3,8-12,15-16H,4-7H2,1H3,(H,30,31)(H,34,35)(H,28,29,32). The summed E-state index contributed by atoms with van der Waals surface area (Å²) in [7, 11) is 0. The molecule has 12 heteroatoms. The number of benzene rings is 1. The summed E-state index contributed by atoms with van der Waals surface area (Å²) in [6.07, 6.45) is 7.80. The van der Waals surface area contributed by atoms with Crippen LogP contribution in [0.1, 0.15) is 25.8 Å². The minimum atomic E-state index is -1.09. The molecule has 36 heavy (non-hydrogen) atoms. The van der Waals surface area contributed by atoms with Gasteiger partial charge in [0, 0.05) is 37.1 Å². The van der Waals surface area contributed by atoms with Crippen molar-refractivity contribution in [2.75, 3.05) is 23.8 Å². The second kappa shape index (κ2) is 9.61. The molecule has 1 fully saturated rings. The normalized spacial score (nSPS) is 20.4. The lowest BCUT2D eigenvalue weighted by Crippen LogP contribution is -2.22. The molecule has 3 heterocycles. The number of hydrogen-bond donors (Lipinski definition) is 3. The molecule has 1 saturated heterocycles. The van der Waals surface area contributed by atoms with Crippen LogP contribution >= 0.6 is 0 Å². The Morgan fingerprint density at radius 1 is 1.14 bits per heavy atom.